The van der Waals surface area contributed by atoms with E-state index in [1.807, 2.05) is 27.7 Å². The summed E-state index contributed by atoms with van der Waals surface area (Å²) in [5, 5.41) is 11.8. The Morgan fingerprint density at radius 1 is 1.06 bits per heavy atom. The lowest BCUT2D eigenvalue weighted by atomic mass is 9.84. The van der Waals surface area contributed by atoms with Crippen molar-refractivity contribution in [3.63, 3.8) is 0 Å². The van der Waals surface area contributed by atoms with E-state index in [2.05, 4.69) is 0 Å². The maximum Gasteiger partial charge on any atom is 0.300 e. The second-order valence-electron chi connectivity index (χ2n) is 9.56. The summed E-state index contributed by atoms with van der Waals surface area (Å²) in [5.41, 5.74) is 1.01. The Morgan fingerprint density at radius 2 is 1.78 bits per heavy atom. The Labute approximate surface area is 214 Å². The number of aliphatic hydroxyl groups excluding tert-OH is 1. The molecule has 0 aromatic heterocycles. The molecular weight excluding hydrogens is 481 g/mol. The highest BCUT2D eigenvalue weighted by Gasteiger charge is 2.48. The van der Waals surface area contributed by atoms with Crippen LogP contribution in [0.15, 0.2) is 72.3 Å². The zero-order valence-electron chi connectivity index (χ0n) is 20.5. The number of aliphatic hydroxyl groups is 1. The molecule has 0 aliphatic carbocycles. The number of ketones is 1. The van der Waals surface area contributed by atoms with Crippen molar-refractivity contribution in [3.05, 3.63) is 99.8 Å². The Balaban J connectivity index is 1.97. The van der Waals surface area contributed by atoms with Gasteiger partial charge >= 0.3 is 0 Å². The summed E-state index contributed by atoms with van der Waals surface area (Å²) in [5.74, 6) is -2.13. The third-order valence-corrected chi connectivity index (χ3v) is 6.33. The third kappa shape index (κ3) is 4.61. The number of nitrogens with zero attached hydrogens (tertiary/aromatic N) is 1. The van der Waals surface area contributed by atoms with Gasteiger partial charge in [-0.3, -0.25) is 14.5 Å². The summed E-state index contributed by atoms with van der Waals surface area (Å²) in [6.07, 6.45) is 0. The van der Waals surface area contributed by atoms with Crippen molar-refractivity contribution >= 4 is 34.7 Å². The van der Waals surface area contributed by atoms with Gasteiger partial charge in [0, 0.05) is 27.4 Å². The van der Waals surface area contributed by atoms with Crippen LogP contribution in [0.2, 0.25) is 5.02 Å². The van der Waals surface area contributed by atoms with Gasteiger partial charge in [0.1, 0.15) is 17.3 Å². The predicted octanol–water partition coefficient (Wildman–Crippen LogP) is 6.80. The second-order valence-corrected chi connectivity index (χ2v) is 10.0. The van der Waals surface area contributed by atoms with E-state index in [0.717, 1.165) is 5.56 Å². The van der Waals surface area contributed by atoms with E-state index in [-0.39, 0.29) is 22.3 Å². The van der Waals surface area contributed by atoms with Crippen LogP contribution in [0.5, 0.6) is 5.75 Å². The summed E-state index contributed by atoms with van der Waals surface area (Å²) in [4.78, 5) is 27.8. The van der Waals surface area contributed by atoms with Gasteiger partial charge in [-0.25, -0.2) is 4.39 Å². The maximum atomic E-state index is 15.1. The summed E-state index contributed by atoms with van der Waals surface area (Å²) >= 11 is 6.16. The first-order valence-electron chi connectivity index (χ1n) is 11.6. The van der Waals surface area contributed by atoms with Crippen LogP contribution in [0.25, 0.3) is 5.76 Å². The topological polar surface area (TPSA) is 66.8 Å². The molecule has 4 rings (SSSR count). The van der Waals surface area contributed by atoms with Gasteiger partial charge in [0.15, 0.2) is 0 Å². The number of Topliss-reactive ketones (excluding diaryl/α,β-unsaturated/α-hetero) is 1. The molecule has 1 unspecified atom stereocenters. The standard InChI is InChI=1S/C29H27ClFNO4/c1-5-36-23-14-13-17(15-21(23)29(2,3)4)26(33)24-25(20-11-6-7-12-22(20)31)32(28(35)27(24)34)19-10-8-9-18(30)16-19/h6-16,25,33H,5H2,1-4H3/b26-24+. The molecule has 1 atom stereocenters. The van der Waals surface area contributed by atoms with Gasteiger partial charge in [0.25, 0.3) is 11.7 Å². The third-order valence-electron chi connectivity index (χ3n) is 6.09. The molecule has 36 heavy (non-hydrogen) atoms. The molecule has 1 saturated heterocycles. The van der Waals surface area contributed by atoms with Gasteiger partial charge < -0.3 is 9.84 Å². The molecule has 1 amide bonds. The minimum atomic E-state index is -1.19. The highest BCUT2D eigenvalue weighted by molar-refractivity contribution is 6.51. The number of halogens is 2. The van der Waals surface area contributed by atoms with E-state index in [0.29, 0.717) is 28.6 Å². The Bertz CT molecular complexity index is 1380. The van der Waals surface area contributed by atoms with Crippen molar-refractivity contribution < 1.29 is 23.8 Å². The first kappa shape index (κ1) is 25.5. The average Bonchev–Trinajstić information content (AvgIpc) is 3.09. The number of hydrogen-bond acceptors (Lipinski definition) is 4. The number of benzene rings is 3. The zero-order valence-corrected chi connectivity index (χ0v) is 21.3. The van der Waals surface area contributed by atoms with Gasteiger partial charge in [0.05, 0.1) is 18.2 Å². The normalized spacial score (nSPS) is 17.5. The van der Waals surface area contributed by atoms with Crippen LogP contribution in [0, 0.1) is 5.82 Å². The van der Waals surface area contributed by atoms with E-state index in [9.17, 15) is 14.7 Å². The van der Waals surface area contributed by atoms with Crippen molar-refractivity contribution in [2.24, 2.45) is 0 Å². The molecular formula is C29H27ClFNO4. The number of amides is 1. The van der Waals surface area contributed by atoms with E-state index in [1.165, 1.54) is 29.2 Å². The molecule has 0 radical (unpaired) electrons. The van der Waals surface area contributed by atoms with Crippen molar-refractivity contribution in [2.45, 2.75) is 39.2 Å². The van der Waals surface area contributed by atoms with Gasteiger partial charge in [-0.15, -0.1) is 0 Å². The van der Waals surface area contributed by atoms with Crippen LogP contribution < -0.4 is 9.64 Å². The molecule has 0 spiro atoms. The fourth-order valence-electron chi connectivity index (χ4n) is 4.42. The van der Waals surface area contributed by atoms with Gasteiger partial charge in [0.2, 0.25) is 0 Å². The van der Waals surface area contributed by atoms with Gasteiger partial charge in [-0.05, 0) is 54.8 Å². The van der Waals surface area contributed by atoms with Gasteiger partial charge in [-0.2, -0.15) is 0 Å². The molecule has 3 aromatic carbocycles. The molecule has 3 aromatic rings. The van der Waals surface area contributed by atoms with E-state index >= 15 is 4.39 Å². The van der Waals surface area contributed by atoms with Crippen molar-refractivity contribution in [1.82, 2.24) is 0 Å². The smallest absolute Gasteiger partial charge is 0.300 e. The Kier molecular flexibility index (Phi) is 6.92. The number of carbonyl (C=O) groups excluding carboxylic acids is 2. The molecule has 0 saturated carbocycles. The minimum Gasteiger partial charge on any atom is -0.507 e. The molecule has 0 bridgehead atoms. The molecule has 5 nitrogen and oxygen atoms in total. The SMILES string of the molecule is CCOc1ccc(/C(O)=C2\C(=O)C(=O)N(c3cccc(Cl)c3)C2c2ccccc2F)cc1C(C)(C)C. The fourth-order valence-corrected chi connectivity index (χ4v) is 4.60. The maximum absolute atomic E-state index is 15.1. The van der Waals surface area contributed by atoms with Crippen LogP contribution in [-0.2, 0) is 15.0 Å². The van der Waals surface area contributed by atoms with E-state index in [4.69, 9.17) is 16.3 Å². The highest BCUT2D eigenvalue weighted by Crippen LogP contribution is 2.44. The molecule has 186 valence electrons. The van der Waals surface area contributed by atoms with Crippen LogP contribution >= 0.6 is 11.6 Å². The monoisotopic (exact) mass is 507 g/mol. The minimum absolute atomic E-state index is 0.0835. The van der Waals surface area contributed by atoms with Crippen molar-refractivity contribution in [3.8, 4) is 5.75 Å². The van der Waals surface area contributed by atoms with Crippen molar-refractivity contribution in [1.29, 1.82) is 0 Å². The molecule has 1 heterocycles. The number of hydrogen-bond donors (Lipinski definition) is 1. The Hall–Kier alpha value is -3.64. The van der Waals surface area contributed by atoms with Crippen molar-refractivity contribution in [2.75, 3.05) is 11.5 Å². The fraction of sp³-hybridized carbons (Fsp3) is 0.241. The number of rotatable bonds is 5. The van der Waals surface area contributed by atoms with Crippen LogP contribution in [0.4, 0.5) is 10.1 Å². The largest absolute Gasteiger partial charge is 0.507 e. The first-order chi connectivity index (χ1) is 17.0. The lowest BCUT2D eigenvalue weighted by Gasteiger charge is -2.26. The summed E-state index contributed by atoms with van der Waals surface area (Å²) in [6.45, 7) is 8.36. The van der Waals surface area contributed by atoms with Gasteiger partial charge in [-0.1, -0.05) is 56.6 Å². The average molecular weight is 508 g/mol. The van der Waals surface area contributed by atoms with E-state index in [1.54, 1.807) is 42.5 Å². The summed E-state index contributed by atoms with van der Waals surface area (Å²) < 4.78 is 20.8. The molecule has 1 aliphatic heterocycles. The molecule has 7 heteroatoms. The summed E-state index contributed by atoms with van der Waals surface area (Å²) in [7, 11) is 0. The first-order valence-corrected chi connectivity index (χ1v) is 12.0. The molecule has 1 aliphatic rings. The lowest BCUT2D eigenvalue weighted by Crippen LogP contribution is -2.29. The Morgan fingerprint density at radius 3 is 2.42 bits per heavy atom. The molecule has 1 N–H and O–H groups in total. The highest BCUT2D eigenvalue weighted by atomic mass is 35.5. The molecule has 1 fully saturated rings. The zero-order chi connectivity index (χ0) is 26.2. The summed E-state index contributed by atoms with van der Waals surface area (Å²) in [6, 6.07) is 16.2. The number of anilines is 1. The number of carbonyl (C=O) groups is 2. The quantitative estimate of drug-likeness (QED) is 0.234. The van der Waals surface area contributed by atoms with E-state index < -0.39 is 23.5 Å². The second kappa shape index (κ2) is 9.78. The van der Waals surface area contributed by atoms with Crippen LogP contribution in [-0.4, -0.2) is 23.4 Å². The lowest BCUT2D eigenvalue weighted by molar-refractivity contribution is -0.132. The van der Waals surface area contributed by atoms with Crippen LogP contribution in [0.1, 0.15) is 50.4 Å². The van der Waals surface area contributed by atoms with Crippen LogP contribution in [0.3, 0.4) is 0 Å². The number of ether oxygens (including phenoxy) is 1. The predicted molar refractivity (Wildman–Crippen MR) is 139 cm³/mol.